The standard InChI is InChI=1S/C29H33BrN6O2/c1-3-27(22(2)38-20-23-7-5-4-6-8-23)36-29(37)35(21-32-36)28-14-13-26(19-31-28)34-17-15-33(16-18-34)25-11-9-24(30)10-12-25/h4-14,19,21-22,27H,3,15-18,20H2,1-2H3/t22-,27-/m0/s1. The number of nitrogens with zero attached hydrogens (tertiary/aromatic N) is 6. The number of hydrogen-bond acceptors (Lipinski definition) is 6. The van der Waals surface area contributed by atoms with E-state index in [1.807, 2.05) is 62.5 Å². The lowest BCUT2D eigenvalue weighted by atomic mass is 10.1. The maximum atomic E-state index is 13.3. The molecule has 198 valence electrons. The number of benzene rings is 2. The Morgan fingerprint density at radius 2 is 1.58 bits per heavy atom. The summed E-state index contributed by atoms with van der Waals surface area (Å²) < 4.78 is 10.2. The lowest BCUT2D eigenvalue weighted by Gasteiger charge is -2.37. The minimum atomic E-state index is -0.213. The van der Waals surface area contributed by atoms with Gasteiger partial charge in [0.05, 0.1) is 30.6 Å². The van der Waals surface area contributed by atoms with Crippen molar-refractivity contribution in [2.75, 3.05) is 36.0 Å². The van der Waals surface area contributed by atoms with Gasteiger partial charge in [-0.15, -0.1) is 0 Å². The molecule has 0 bridgehead atoms. The summed E-state index contributed by atoms with van der Waals surface area (Å²) in [6.45, 7) is 8.24. The molecular weight excluding hydrogens is 544 g/mol. The Balaban J connectivity index is 1.22. The highest BCUT2D eigenvalue weighted by atomic mass is 79.9. The summed E-state index contributed by atoms with van der Waals surface area (Å²) in [5, 5.41) is 4.42. The molecule has 0 spiro atoms. The maximum absolute atomic E-state index is 13.3. The van der Waals surface area contributed by atoms with Gasteiger partial charge in [-0.1, -0.05) is 53.2 Å². The number of piperazine rings is 1. The molecule has 2 aromatic heterocycles. The van der Waals surface area contributed by atoms with Crippen LogP contribution in [0.1, 0.15) is 31.9 Å². The van der Waals surface area contributed by atoms with E-state index < -0.39 is 0 Å². The lowest BCUT2D eigenvalue weighted by molar-refractivity contribution is 0.0117. The normalized spacial score (nSPS) is 15.4. The van der Waals surface area contributed by atoms with Crippen LogP contribution in [0.25, 0.3) is 5.82 Å². The zero-order chi connectivity index (χ0) is 26.5. The van der Waals surface area contributed by atoms with E-state index in [9.17, 15) is 4.79 Å². The fourth-order valence-electron chi connectivity index (χ4n) is 4.90. The van der Waals surface area contributed by atoms with E-state index >= 15 is 0 Å². The van der Waals surface area contributed by atoms with Crippen LogP contribution in [0.3, 0.4) is 0 Å². The zero-order valence-corrected chi connectivity index (χ0v) is 23.4. The molecule has 9 heteroatoms. The first kappa shape index (κ1) is 26.2. The van der Waals surface area contributed by atoms with E-state index in [1.54, 1.807) is 6.33 Å². The molecule has 0 saturated carbocycles. The Hall–Kier alpha value is -3.43. The lowest BCUT2D eigenvalue weighted by Crippen LogP contribution is -2.46. The van der Waals surface area contributed by atoms with Crippen LogP contribution in [0.15, 0.2) is 88.5 Å². The first-order valence-electron chi connectivity index (χ1n) is 13.1. The monoisotopic (exact) mass is 576 g/mol. The average Bonchev–Trinajstić information content (AvgIpc) is 3.34. The van der Waals surface area contributed by atoms with Crippen molar-refractivity contribution >= 4 is 27.3 Å². The SMILES string of the molecule is CC[C@@H]([C@H](C)OCc1ccccc1)n1ncn(-c2ccc(N3CCN(c4ccc(Br)cc4)CC3)cn2)c1=O. The molecule has 8 nitrogen and oxygen atoms in total. The van der Waals surface area contributed by atoms with Gasteiger partial charge in [-0.25, -0.2) is 19.0 Å². The first-order chi connectivity index (χ1) is 18.5. The summed E-state index contributed by atoms with van der Waals surface area (Å²) >= 11 is 3.50. The van der Waals surface area contributed by atoms with Crippen LogP contribution < -0.4 is 15.5 Å². The largest absolute Gasteiger partial charge is 0.372 e. The van der Waals surface area contributed by atoms with Crippen molar-refractivity contribution in [3.63, 3.8) is 0 Å². The van der Waals surface area contributed by atoms with Gasteiger partial charge < -0.3 is 14.5 Å². The van der Waals surface area contributed by atoms with E-state index in [0.29, 0.717) is 12.4 Å². The second kappa shape index (κ2) is 12.0. The van der Waals surface area contributed by atoms with Gasteiger partial charge in [-0.05, 0) is 55.3 Å². The van der Waals surface area contributed by atoms with Crippen molar-refractivity contribution in [1.82, 2.24) is 19.3 Å². The van der Waals surface area contributed by atoms with Crippen molar-refractivity contribution in [2.45, 2.75) is 39.0 Å². The number of hydrogen-bond donors (Lipinski definition) is 0. The zero-order valence-electron chi connectivity index (χ0n) is 21.8. The molecule has 1 saturated heterocycles. The van der Waals surface area contributed by atoms with Gasteiger partial charge in [0.15, 0.2) is 0 Å². The third kappa shape index (κ3) is 5.84. The van der Waals surface area contributed by atoms with E-state index in [0.717, 1.165) is 48.3 Å². The molecule has 2 atom stereocenters. The highest BCUT2D eigenvalue weighted by molar-refractivity contribution is 9.10. The summed E-state index contributed by atoms with van der Waals surface area (Å²) in [7, 11) is 0. The molecule has 0 radical (unpaired) electrons. The topological polar surface area (TPSA) is 68.4 Å². The number of pyridine rings is 1. The van der Waals surface area contributed by atoms with E-state index in [-0.39, 0.29) is 17.8 Å². The molecule has 5 rings (SSSR count). The fraction of sp³-hybridized carbons (Fsp3) is 0.345. The highest BCUT2D eigenvalue weighted by Crippen LogP contribution is 2.23. The summed E-state index contributed by atoms with van der Waals surface area (Å²) in [5.74, 6) is 0.561. The Morgan fingerprint density at radius 3 is 2.21 bits per heavy atom. The maximum Gasteiger partial charge on any atom is 0.351 e. The van der Waals surface area contributed by atoms with Gasteiger partial charge in [0.25, 0.3) is 0 Å². The summed E-state index contributed by atoms with van der Waals surface area (Å²) in [6, 6.07) is 22.2. The number of halogens is 1. The molecular formula is C29H33BrN6O2. The van der Waals surface area contributed by atoms with E-state index in [4.69, 9.17) is 4.74 Å². The van der Waals surface area contributed by atoms with Crippen LogP contribution in [0.5, 0.6) is 0 Å². The van der Waals surface area contributed by atoms with Gasteiger partial charge in [-0.2, -0.15) is 5.10 Å². The van der Waals surface area contributed by atoms with Gasteiger partial charge in [0.2, 0.25) is 0 Å². The Kier molecular flexibility index (Phi) is 8.24. The minimum absolute atomic E-state index is 0.172. The van der Waals surface area contributed by atoms with E-state index in [1.165, 1.54) is 14.9 Å². The highest BCUT2D eigenvalue weighted by Gasteiger charge is 2.23. The van der Waals surface area contributed by atoms with Crippen LogP contribution >= 0.6 is 15.9 Å². The molecule has 0 amide bonds. The number of ether oxygens (including phenoxy) is 1. The Labute approximate surface area is 231 Å². The van der Waals surface area contributed by atoms with Gasteiger partial charge in [0, 0.05) is 36.3 Å². The molecule has 0 aliphatic carbocycles. The first-order valence-corrected chi connectivity index (χ1v) is 13.9. The minimum Gasteiger partial charge on any atom is -0.372 e. The van der Waals surface area contributed by atoms with Crippen molar-refractivity contribution in [1.29, 1.82) is 0 Å². The molecule has 0 unspecified atom stereocenters. The van der Waals surface area contributed by atoms with Crippen molar-refractivity contribution in [3.8, 4) is 5.82 Å². The van der Waals surface area contributed by atoms with Gasteiger partial charge in [-0.3, -0.25) is 0 Å². The third-order valence-electron chi connectivity index (χ3n) is 7.14. The van der Waals surface area contributed by atoms with E-state index in [2.05, 4.69) is 60.1 Å². The Morgan fingerprint density at radius 1 is 0.921 bits per heavy atom. The van der Waals surface area contributed by atoms with Crippen molar-refractivity contribution in [2.24, 2.45) is 0 Å². The quantitative estimate of drug-likeness (QED) is 0.277. The van der Waals surface area contributed by atoms with Crippen LogP contribution in [0, 0.1) is 0 Å². The summed E-state index contributed by atoms with van der Waals surface area (Å²) in [6.07, 6.45) is 3.95. The van der Waals surface area contributed by atoms with Crippen LogP contribution in [-0.4, -0.2) is 51.6 Å². The summed E-state index contributed by atoms with van der Waals surface area (Å²) in [4.78, 5) is 22.6. The fourth-order valence-corrected chi connectivity index (χ4v) is 5.16. The molecule has 38 heavy (non-hydrogen) atoms. The molecule has 0 N–H and O–H groups in total. The molecule has 1 aliphatic heterocycles. The predicted octanol–water partition coefficient (Wildman–Crippen LogP) is 5.07. The molecule has 3 heterocycles. The number of anilines is 2. The van der Waals surface area contributed by atoms with Crippen molar-refractivity contribution < 1.29 is 4.74 Å². The Bertz CT molecular complexity index is 1360. The third-order valence-corrected chi connectivity index (χ3v) is 7.67. The van der Waals surface area contributed by atoms with Crippen LogP contribution in [0.4, 0.5) is 11.4 Å². The van der Waals surface area contributed by atoms with Crippen molar-refractivity contribution in [3.05, 3.63) is 99.8 Å². The van der Waals surface area contributed by atoms with Gasteiger partial charge in [0.1, 0.15) is 12.1 Å². The summed E-state index contributed by atoms with van der Waals surface area (Å²) in [5.41, 5.74) is 3.18. The molecule has 1 fully saturated rings. The van der Waals surface area contributed by atoms with Crippen LogP contribution in [-0.2, 0) is 11.3 Å². The number of rotatable bonds is 9. The van der Waals surface area contributed by atoms with Crippen LogP contribution in [0.2, 0.25) is 0 Å². The average molecular weight is 578 g/mol. The second-order valence-electron chi connectivity index (χ2n) is 9.53. The van der Waals surface area contributed by atoms with Gasteiger partial charge >= 0.3 is 5.69 Å². The second-order valence-corrected chi connectivity index (χ2v) is 10.4. The molecule has 2 aromatic carbocycles. The number of aromatic nitrogens is 4. The predicted molar refractivity (Wildman–Crippen MR) is 154 cm³/mol. The smallest absolute Gasteiger partial charge is 0.351 e. The molecule has 1 aliphatic rings. The molecule has 4 aromatic rings.